The number of benzene rings is 1. The van der Waals surface area contributed by atoms with Crippen molar-refractivity contribution in [3.05, 3.63) is 24.3 Å². The van der Waals surface area contributed by atoms with Crippen molar-refractivity contribution >= 4 is 17.6 Å². The van der Waals surface area contributed by atoms with Gasteiger partial charge in [0.2, 0.25) is 5.91 Å². The highest BCUT2D eigenvalue weighted by molar-refractivity contribution is 5.83. The largest absolute Gasteiger partial charge is 0.497 e. The molecule has 27 heavy (non-hydrogen) atoms. The summed E-state index contributed by atoms with van der Waals surface area (Å²) in [5.41, 5.74) is 0.648. The molecule has 1 heterocycles. The Kier molecular flexibility index (Phi) is 7.33. The van der Waals surface area contributed by atoms with Crippen LogP contribution in [0.5, 0.6) is 5.75 Å². The molecule has 0 saturated carbocycles. The molecule has 0 unspecified atom stereocenters. The summed E-state index contributed by atoms with van der Waals surface area (Å²) in [4.78, 5) is 21.4. The monoisotopic (exact) mass is 375 g/mol. The summed E-state index contributed by atoms with van der Waals surface area (Å²) in [5, 5.41) is 6.08. The van der Waals surface area contributed by atoms with E-state index in [-0.39, 0.29) is 5.91 Å². The number of hydrogen-bond donors (Lipinski definition) is 2. The van der Waals surface area contributed by atoms with Gasteiger partial charge < -0.3 is 25.2 Å². The number of rotatable bonds is 6. The maximum absolute atomic E-state index is 12.0. The van der Waals surface area contributed by atoms with Crippen LogP contribution in [0, 0.1) is 5.41 Å². The topological polar surface area (TPSA) is 69.2 Å². The lowest BCUT2D eigenvalue weighted by Crippen LogP contribution is -2.53. The first-order valence-corrected chi connectivity index (χ1v) is 9.55. The molecule has 0 radical (unpaired) electrons. The van der Waals surface area contributed by atoms with Crippen LogP contribution in [0.1, 0.15) is 20.8 Å². The molecule has 1 aromatic rings. The maximum Gasteiger partial charge on any atom is 0.227 e. The van der Waals surface area contributed by atoms with Gasteiger partial charge in [-0.1, -0.05) is 6.07 Å². The molecular formula is C20H33N5O2. The van der Waals surface area contributed by atoms with E-state index in [1.165, 1.54) is 5.69 Å². The van der Waals surface area contributed by atoms with Gasteiger partial charge in [-0.15, -0.1) is 0 Å². The van der Waals surface area contributed by atoms with Crippen LogP contribution >= 0.6 is 0 Å². The highest BCUT2D eigenvalue weighted by Crippen LogP contribution is 2.22. The lowest BCUT2D eigenvalue weighted by Gasteiger charge is -2.38. The molecule has 2 rings (SSSR count). The lowest BCUT2D eigenvalue weighted by atomic mass is 9.93. The number of anilines is 1. The summed E-state index contributed by atoms with van der Waals surface area (Å²) in [5.74, 6) is 1.76. The Balaban J connectivity index is 2.01. The van der Waals surface area contributed by atoms with Crippen molar-refractivity contribution in [1.82, 2.24) is 15.5 Å². The van der Waals surface area contributed by atoms with Crippen molar-refractivity contribution < 1.29 is 9.53 Å². The Morgan fingerprint density at radius 3 is 2.56 bits per heavy atom. The number of nitrogens with zero attached hydrogens (tertiary/aromatic N) is 3. The van der Waals surface area contributed by atoms with Gasteiger partial charge in [0.1, 0.15) is 5.75 Å². The fraction of sp³-hybridized carbons (Fsp3) is 0.600. The van der Waals surface area contributed by atoms with Gasteiger partial charge in [-0.3, -0.25) is 9.79 Å². The van der Waals surface area contributed by atoms with E-state index in [2.05, 4.69) is 39.5 Å². The molecule has 0 spiro atoms. The molecule has 7 heteroatoms. The predicted molar refractivity (Wildman–Crippen MR) is 111 cm³/mol. The number of ether oxygens (including phenoxy) is 1. The molecule has 0 aromatic heterocycles. The van der Waals surface area contributed by atoms with Gasteiger partial charge in [0.15, 0.2) is 5.96 Å². The van der Waals surface area contributed by atoms with Crippen molar-refractivity contribution in [2.45, 2.75) is 20.8 Å². The van der Waals surface area contributed by atoms with Gasteiger partial charge in [0.05, 0.1) is 19.1 Å². The molecule has 0 bridgehead atoms. The van der Waals surface area contributed by atoms with Gasteiger partial charge in [-0.25, -0.2) is 0 Å². The van der Waals surface area contributed by atoms with E-state index in [9.17, 15) is 4.79 Å². The standard InChI is InChI=1S/C20H33N5O2/c1-6-22-19(23-15-20(2,3)18(26)21-4)25-12-10-24(11-13-25)16-8-7-9-17(14-16)27-5/h7-9,14H,6,10-13,15H2,1-5H3,(H,21,26)(H,22,23). The lowest BCUT2D eigenvalue weighted by molar-refractivity contribution is -0.128. The van der Waals surface area contributed by atoms with E-state index in [1.807, 2.05) is 26.0 Å². The zero-order valence-corrected chi connectivity index (χ0v) is 17.2. The maximum atomic E-state index is 12.0. The van der Waals surface area contributed by atoms with E-state index in [4.69, 9.17) is 9.73 Å². The first kappa shape index (κ1) is 20.9. The average molecular weight is 376 g/mol. The quantitative estimate of drug-likeness (QED) is 0.583. The number of piperazine rings is 1. The summed E-state index contributed by atoms with van der Waals surface area (Å²) in [6.45, 7) is 10.7. The second kappa shape index (κ2) is 9.48. The second-order valence-corrected chi connectivity index (χ2v) is 7.31. The Morgan fingerprint density at radius 1 is 1.26 bits per heavy atom. The van der Waals surface area contributed by atoms with Crippen molar-refractivity contribution in [3.63, 3.8) is 0 Å². The first-order valence-electron chi connectivity index (χ1n) is 9.55. The predicted octanol–water partition coefficient (Wildman–Crippen LogP) is 1.55. The molecule has 1 amide bonds. The number of hydrogen-bond acceptors (Lipinski definition) is 4. The molecular weight excluding hydrogens is 342 g/mol. The Labute approximate surface area is 162 Å². The summed E-state index contributed by atoms with van der Waals surface area (Å²) >= 11 is 0. The van der Waals surface area contributed by atoms with Crippen LogP contribution in [-0.2, 0) is 4.79 Å². The van der Waals surface area contributed by atoms with Crippen LogP contribution < -0.4 is 20.3 Å². The minimum Gasteiger partial charge on any atom is -0.497 e. The molecule has 0 aliphatic carbocycles. The SMILES string of the molecule is CCNC(=NCC(C)(C)C(=O)NC)N1CCN(c2cccc(OC)c2)CC1. The summed E-state index contributed by atoms with van der Waals surface area (Å²) in [6, 6.07) is 8.17. The molecule has 1 saturated heterocycles. The molecule has 1 aliphatic heterocycles. The number of guanidine groups is 1. The van der Waals surface area contributed by atoms with Crippen molar-refractivity contribution in [3.8, 4) is 5.75 Å². The molecule has 7 nitrogen and oxygen atoms in total. The number of nitrogens with one attached hydrogen (secondary N) is 2. The fourth-order valence-corrected chi connectivity index (χ4v) is 3.09. The van der Waals surface area contributed by atoms with Gasteiger partial charge in [-0.05, 0) is 32.9 Å². The average Bonchev–Trinajstić information content (AvgIpc) is 2.70. The highest BCUT2D eigenvalue weighted by Gasteiger charge is 2.27. The fourth-order valence-electron chi connectivity index (χ4n) is 3.09. The number of amides is 1. The third-order valence-corrected chi connectivity index (χ3v) is 4.80. The van der Waals surface area contributed by atoms with Gasteiger partial charge in [0.25, 0.3) is 0 Å². The number of carbonyl (C=O) groups is 1. The first-order chi connectivity index (χ1) is 12.9. The van der Waals surface area contributed by atoms with Crippen LogP contribution in [0.4, 0.5) is 5.69 Å². The van der Waals surface area contributed by atoms with Gasteiger partial charge in [0, 0.05) is 51.5 Å². The highest BCUT2D eigenvalue weighted by atomic mass is 16.5. The Morgan fingerprint density at radius 2 is 1.96 bits per heavy atom. The summed E-state index contributed by atoms with van der Waals surface area (Å²) in [7, 11) is 3.35. The third-order valence-electron chi connectivity index (χ3n) is 4.80. The number of methoxy groups -OCH3 is 1. The van der Waals surface area contributed by atoms with Gasteiger partial charge >= 0.3 is 0 Å². The van der Waals surface area contributed by atoms with Crippen LogP contribution in [-0.4, -0.2) is 70.2 Å². The van der Waals surface area contributed by atoms with E-state index in [1.54, 1.807) is 14.2 Å². The second-order valence-electron chi connectivity index (χ2n) is 7.31. The van der Waals surface area contributed by atoms with Gasteiger partial charge in [-0.2, -0.15) is 0 Å². The summed E-state index contributed by atoms with van der Waals surface area (Å²) in [6.07, 6.45) is 0. The van der Waals surface area contributed by atoms with Crippen molar-refractivity contribution in [2.24, 2.45) is 10.4 Å². The van der Waals surface area contributed by atoms with E-state index in [0.29, 0.717) is 6.54 Å². The van der Waals surface area contributed by atoms with E-state index < -0.39 is 5.41 Å². The van der Waals surface area contributed by atoms with Crippen LogP contribution in [0.25, 0.3) is 0 Å². The van der Waals surface area contributed by atoms with Crippen LogP contribution in [0.2, 0.25) is 0 Å². The zero-order valence-electron chi connectivity index (χ0n) is 17.2. The normalized spacial score (nSPS) is 15.5. The van der Waals surface area contributed by atoms with Crippen LogP contribution in [0.3, 0.4) is 0 Å². The van der Waals surface area contributed by atoms with E-state index >= 15 is 0 Å². The molecule has 0 atom stereocenters. The number of carbonyl (C=O) groups excluding carboxylic acids is 1. The number of aliphatic imine (C=N–C) groups is 1. The van der Waals surface area contributed by atoms with E-state index in [0.717, 1.165) is 44.4 Å². The summed E-state index contributed by atoms with van der Waals surface area (Å²) < 4.78 is 5.33. The van der Waals surface area contributed by atoms with Crippen molar-refractivity contribution in [1.29, 1.82) is 0 Å². The smallest absolute Gasteiger partial charge is 0.227 e. The Hall–Kier alpha value is -2.44. The minimum absolute atomic E-state index is 0.00458. The molecule has 1 fully saturated rings. The Bertz CT molecular complexity index is 652. The molecule has 1 aromatic carbocycles. The molecule has 2 N–H and O–H groups in total. The van der Waals surface area contributed by atoms with Crippen LogP contribution in [0.15, 0.2) is 29.3 Å². The molecule has 1 aliphatic rings. The van der Waals surface area contributed by atoms with Crippen molar-refractivity contribution in [2.75, 3.05) is 58.3 Å². The zero-order chi connectivity index (χ0) is 19.9. The third kappa shape index (κ3) is 5.52. The minimum atomic E-state index is -0.530. The molecule has 150 valence electrons.